The van der Waals surface area contributed by atoms with Crippen LogP contribution in [0.3, 0.4) is 0 Å². The van der Waals surface area contributed by atoms with Gasteiger partial charge in [0.2, 0.25) is 0 Å². The molecule has 0 heterocycles. The predicted molar refractivity (Wildman–Crippen MR) is 82.6 cm³/mol. The molecule has 0 saturated carbocycles. The molecule has 2 nitrogen and oxygen atoms in total. The summed E-state index contributed by atoms with van der Waals surface area (Å²) in [5.41, 5.74) is 8.70. The van der Waals surface area contributed by atoms with Gasteiger partial charge in [-0.05, 0) is 39.7 Å². The molecule has 0 aliphatic rings. The van der Waals surface area contributed by atoms with Crippen molar-refractivity contribution in [1.82, 2.24) is 0 Å². The largest absolute Gasteiger partial charge is 0.507 e. The Morgan fingerprint density at radius 3 is 1.68 bits per heavy atom. The highest BCUT2D eigenvalue weighted by Gasteiger charge is 2.27. The van der Waals surface area contributed by atoms with Crippen molar-refractivity contribution < 1.29 is 5.11 Å². The van der Waals surface area contributed by atoms with Gasteiger partial charge in [-0.1, -0.05) is 47.6 Å². The highest BCUT2D eigenvalue weighted by atomic mass is 16.3. The lowest BCUT2D eigenvalue weighted by Crippen LogP contribution is -2.19. The number of phenols is 1. The smallest absolute Gasteiger partial charge is 0.123 e. The first-order valence-corrected chi connectivity index (χ1v) is 6.74. The maximum Gasteiger partial charge on any atom is 0.123 e. The number of hydrogen-bond acceptors (Lipinski definition) is 2. The molecule has 1 aromatic rings. The molecule has 19 heavy (non-hydrogen) atoms. The molecular weight excluding hydrogens is 234 g/mol. The Bertz CT molecular complexity index is 440. The summed E-state index contributed by atoms with van der Waals surface area (Å²) in [6.07, 6.45) is 1.73. The second-order valence-corrected chi connectivity index (χ2v) is 7.23. The van der Waals surface area contributed by atoms with Crippen LogP contribution < -0.4 is 5.73 Å². The van der Waals surface area contributed by atoms with Crippen LogP contribution in [0.5, 0.6) is 5.75 Å². The molecule has 0 unspecified atom stereocenters. The van der Waals surface area contributed by atoms with Gasteiger partial charge in [0.25, 0.3) is 0 Å². The normalized spacial score (nSPS) is 14.3. The summed E-state index contributed by atoms with van der Waals surface area (Å²) in [6.45, 7) is 16.3. The zero-order valence-electron chi connectivity index (χ0n) is 13.0. The molecule has 2 heteroatoms. The summed E-state index contributed by atoms with van der Waals surface area (Å²) in [4.78, 5) is 0. The summed E-state index contributed by atoms with van der Waals surface area (Å²) in [6, 6.07) is 3.79. The molecule has 0 fully saturated rings. The Hall–Kier alpha value is -1.28. The van der Waals surface area contributed by atoms with E-state index < -0.39 is 0 Å². The van der Waals surface area contributed by atoms with Crippen LogP contribution in [0.25, 0.3) is 0 Å². The maximum atomic E-state index is 10.6. The molecule has 106 valence electrons. The quantitative estimate of drug-likeness (QED) is 0.785. The average Bonchev–Trinajstić information content (AvgIpc) is 2.25. The average molecular weight is 261 g/mol. The van der Waals surface area contributed by atoms with Gasteiger partial charge < -0.3 is 10.8 Å². The molecule has 1 rings (SSSR count). The molecule has 0 aromatic heterocycles. The summed E-state index contributed by atoms with van der Waals surface area (Å²) in [5.74, 6) is 0.389. The van der Waals surface area contributed by atoms with Crippen LogP contribution >= 0.6 is 0 Å². The lowest BCUT2D eigenvalue weighted by Gasteiger charge is -2.29. The topological polar surface area (TPSA) is 46.2 Å². The van der Waals surface area contributed by atoms with Crippen molar-refractivity contribution in [3.05, 3.63) is 41.5 Å². The van der Waals surface area contributed by atoms with Crippen LogP contribution in [0.1, 0.15) is 64.3 Å². The molecular formula is C17H27NO. The summed E-state index contributed by atoms with van der Waals surface area (Å²) in [5, 5.41) is 10.6. The van der Waals surface area contributed by atoms with Gasteiger partial charge in [0.05, 0.1) is 0 Å². The molecule has 0 amide bonds. The molecule has 0 bridgehead atoms. The Balaban J connectivity index is 3.62. The zero-order valence-corrected chi connectivity index (χ0v) is 13.0. The number of rotatable bonds is 2. The Kier molecular flexibility index (Phi) is 4.16. The van der Waals surface area contributed by atoms with Crippen LogP contribution in [-0.4, -0.2) is 5.11 Å². The first-order valence-electron chi connectivity index (χ1n) is 6.74. The van der Waals surface area contributed by atoms with E-state index in [1.807, 2.05) is 12.1 Å². The molecule has 3 N–H and O–H groups in total. The van der Waals surface area contributed by atoms with Crippen molar-refractivity contribution in [2.24, 2.45) is 5.73 Å². The second-order valence-electron chi connectivity index (χ2n) is 7.23. The van der Waals surface area contributed by atoms with Gasteiger partial charge in [-0.25, -0.2) is 0 Å². The minimum absolute atomic E-state index is 0.124. The number of benzene rings is 1. The number of hydrogen-bond donors (Lipinski definition) is 2. The van der Waals surface area contributed by atoms with Crippen molar-refractivity contribution in [3.8, 4) is 5.75 Å². The van der Waals surface area contributed by atoms with E-state index >= 15 is 0 Å². The van der Waals surface area contributed by atoms with Crippen LogP contribution in [0.2, 0.25) is 0 Å². The fourth-order valence-corrected chi connectivity index (χ4v) is 2.13. The minimum atomic E-state index is -0.206. The molecule has 0 aliphatic heterocycles. The third kappa shape index (κ3) is 3.38. The van der Waals surface area contributed by atoms with Crippen molar-refractivity contribution >= 4 is 0 Å². The van der Waals surface area contributed by atoms with Crippen LogP contribution in [0.4, 0.5) is 0 Å². The van der Waals surface area contributed by atoms with E-state index in [1.165, 1.54) is 0 Å². The van der Waals surface area contributed by atoms with E-state index in [0.29, 0.717) is 5.75 Å². The van der Waals surface area contributed by atoms with Crippen LogP contribution in [0, 0.1) is 0 Å². The number of aromatic hydroxyl groups is 1. The molecule has 0 radical (unpaired) electrons. The SMILES string of the molecule is C=C[C@H](N)c1cc(C(C)(C)C)c(O)c(C(C)(C)C)c1. The molecule has 1 aromatic carbocycles. The zero-order chi connectivity index (χ0) is 15.0. The molecule has 0 aliphatic carbocycles. The molecule has 0 spiro atoms. The summed E-state index contributed by atoms with van der Waals surface area (Å²) in [7, 11) is 0. The molecule has 1 atom stereocenters. The van der Waals surface area contributed by atoms with E-state index in [-0.39, 0.29) is 16.9 Å². The number of phenolic OH excluding ortho intramolecular Hbond substituents is 1. The van der Waals surface area contributed by atoms with Gasteiger partial charge >= 0.3 is 0 Å². The lowest BCUT2D eigenvalue weighted by molar-refractivity contribution is 0.422. The van der Waals surface area contributed by atoms with Crippen molar-refractivity contribution in [1.29, 1.82) is 0 Å². The second kappa shape index (κ2) is 5.01. The summed E-state index contributed by atoms with van der Waals surface area (Å²) < 4.78 is 0. The van der Waals surface area contributed by atoms with Gasteiger partial charge in [-0.3, -0.25) is 0 Å². The van der Waals surface area contributed by atoms with E-state index in [4.69, 9.17) is 5.73 Å². The van der Waals surface area contributed by atoms with Crippen molar-refractivity contribution in [3.63, 3.8) is 0 Å². The van der Waals surface area contributed by atoms with Crippen LogP contribution in [-0.2, 0) is 10.8 Å². The van der Waals surface area contributed by atoms with Gasteiger partial charge in [-0.2, -0.15) is 0 Å². The first kappa shape index (κ1) is 15.8. The lowest BCUT2D eigenvalue weighted by atomic mass is 9.78. The highest BCUT2D eigenvalue weighted by Crippen LogP contribution is 2.40. The Labute approximate surface area is 117 Å². The molecule has 0 saturated heterocycles. The van der Waals surface area contributed by atoms with E-state index in [0.717, 1.165) is 16.7 Å². The van der Waals surface area contributed by atoms with Gasteiger partial charge in [-0.15, -0.1) is 6.58 Å². The standard InChI is InChI=1S/C17H27NO/c1-8-14(18)11-9-12(16(2,3)4)15(19)13(10-11)17(5,6)7/h8-10,14,19H,1,18H2,2-7H3/t14-/m0/s1. The maximum absolute atomic E-state index is 10.6. The Morgan fingerprint density at radius 1 is 1.05 bits per heavy atom. The van der Waals surface area contributed by atoms with E-state index in [2.05, 4.69) is 48.1 Å². The predicted octanol–water partition coefficient (Wildman–Crippen LogP) is 4.17. The van der Waals surface area contributed by atoms with Crippen molar-refractivity contribution in [2.75, 3.05) is 0 Å². The monoisotopic (exact) mass is 261 g/mol. The van der Waals surface area contributed by atoms with Gasteiger partial charge in [0, 0.05) is 6.04 Å². The van der Waals surface area contributed by atoms with E-state index in [1.54, 1.807) is 6.08 Å². The van der Waals surface area contributed by atoms with Crippen LogP contribution in [0.15, 0.2) is 24.8 Å². The minimum Gasteiger partial charge on any atom is -0.507 e. The fraction of sp³-hybridized carbons (Fsp3) is 0.529. The van der Waals surface area contributed by atoms with Crippen molar-refractivity contribution in [2.45, 2.75) is 58.4 Å². The summed E-state index contributed by atoms with van der Waals surface area (Å²) >= 11 is 0. The Morgan fingerprint density at radius 2 is 1.42 bits per heavy atom. The third-order valence-electron chi connectivity index (χ3n) is 3.39. The third-order valence-corrected chi connectivity index (χ3v) is 3.39. The fourth-order valence-electron chi connectivity index (χ4n) is 2.13. The van der Waals surface area contributed by atoms with E-state index in [9.17, 15) is 5.11 Å². The highest BCUT2D eigenvalue weighted by molar-refractivity contribution is 5.50. The number of nitrogens with two attached hydrogens (primary N) is 1. The van der Waals surface area contributed by atoms with Gasteiger partial charge in [0.1, 0.15) is 5.75 Å². The first-order chi connectivity index (χ1) is 8.48. The van der Waals surface area contributed by atoms with Gasteiger partial charge in [0.15, 0.2) is 0 Å².